The van der Waals surface area contributed by atoms with Crippen LogP contribution in [-0.2, 0) is 0 Å². The van der Waals surface area contributed by atoms with Crippen LogP contribution in [0.4, 0.5) is 17.3 Å². The number of benzene rings is 2. The Bertz CT molecular complexity index is 980. The number of hydrogen-bond acceptors (Lipinski definition) is 5. The molecule has 0 saturated carbocycles. The number of rotatable bonds is 6. The van der Waals surface area contributed by atoms with Crippen LogP contribution < -0.4 is 10.6 Å². The Balaban J connectivity index is 1.65. The number of nitrogens with one attached hydrogen (secondary N) is 2. The summed E-state index contributed by atoms with van der Waals surface area (Å²) >= 11 is 0. The SMILES string of the molecule is CC(=O)c1cccc(Nc2ncc(C(=O)Nc3ccc(C(C)C)cc3)cn2)c1. The number of nitrogens with zero attached hydrogens (tertiary/aromatic N) is 2. The van der Waals surface area contributed by atoms with Gasteiger partial charge in [-0.15, -0.1) is 0 Å². The maximum Gasteiger partial charge on any atom is 0.258 e. The molecule has 0 fully saturated rings. The van der Waals surface area contributed by atoms with Gasteiger partial charge in [0, 0.05) is 29.3 Å². The van der Waals surface area contributed by atoms with Crippen LogP contribution in [0.2, 0.25) is 0 Å². The highest BCUT2D eigenvalue weighted by Crippen LogP contribution is 2.18. The quantitative estimate of drug-likeness (QED) is 0.606. The summed E-state index contributed by atoms with van der Waals surface area (Å²) in [6, 6.07) is 14.8. The van der Waals surface area contributed by atoms with Gasteiger partial charge in [-0.2, -0.15) is 0 Å². The standard InChI is InChI=1S/C22H22N4O2/c1-14(2)16-7-9-19(10-8-16)25-21(28)18-12-23-22(24-13-18)26-20-6-4-5-17(11-20)15(3)27/h4-14H,1-3H3,(H,25,28)(H,23,24,26). The highest BCUT2D eigenvalue weighted by molar-refractivity contribution is 6.03. The average molecular weight is 374 g/mol. The lowest BCUT2D eigenvalue weighted by Crippen LogP contribution is -2.13. The van der Waals surface area contributed by atoms with Crippen LogP contribution in [0.1, 0.15) is 53.0 Å². The van der Waals surface area contributed by atoms with E-state index in [1.165, 1.54) is 24.9 Å². The first-order chi connectivity index (χ1) is 13.4. The smallest absolute Gasteiger partial charge is 0.258 e. The second kappa shape index (κ2) is 8.43. The van der Waals surface area contributed by atoms with E-state index in [1.807, 2.05) is 30.3 Å². The van der Waals surface area contributed by atoms with E-state index in [9.17, 15) is 9.59 Å². The van der Waals surface area contributed by atoms with E-state index in [1.54, 1.807) is 18.2 Å². The Morgan fingerprint density at radius 1 is 0.893 bits per heavy atom. The van der Waals surface area contributed by atoms with Gasteiger partial charge in [0.1, 0.15) is 0 Å². The van der Waals surface area contributed by atoms with Gasteiger partial charge in [0.25, 0.3) is 5.91 Å². The van der Waals surface area contributed by atoms with Crippen molar-refractivity contribution < 1.29 is 9.59 Å². The Labute approximate surface area is 164 Å². The Morgan fingerprint density at radius 3 is 2.18 bits per heavy atom. The number of aromatic nitrogens is 2. The van der Waals surface area contributed by atoms with E-state index in [0.29, 0.717) is 28.7 Å². The molecule has 1 amide bonds. The van der Waals surface area contributed by atoms with Crippen molar-refractivity contribution in [3.63, 3.8) is 0 Å². The maximum absolute atomic E-state index is 12.4. The molecule has 0 aliphatic rings. The molecule has 0 atom stereocenters. The third-order valence-electron chi connectivity index (χ3n) is 4.27. The molecule has 2 aromatic carbocycles. The van der Waals surface area contributed by atoms with Crippen LogP contribution in [0.15, 0.2) is 60.9 Å². The van der Waals surface area contributed by atoms with Crippen molar-refractivity contribution in [3.05, 3.63) is 77.6 Å². The zero-order chi connectivity index (χ0) is 20.1. The summed E-state index contributed by atoms with van der Waals surface area (Å²) in [5.74, 6) is 0.494. The van der Waals surface area contributed by atoms with Gasteiger partial charge in [-0.05, 0) is 42.7 Å². The first-order valence-corrected chi connectivity index (χ1v) is 9.04. The molecule has 0 spiro atoms. The van der Waals surface area contributed by atoms with Crippen molar-refractivity contribution >= 4 is 29.0 Å². The Kier molecular flexibility index (Phi) is 5.79. The molecular weight excluding hydrogens is 352 g/mol. The summed E-state index contributed by atoms with van der Waals surface area (Å²) in [4.78, 5) is 32.2. The van der Waals surface area contributed by atoms with Gasteiger partial charge in [-0.25, -0.2) is 9.97 Å². The fourth-order valence-corrected chi connectivity index (χ4v) is 2.61. The van der Waals surface area contributed by atoms with E-state index in [2.05, 4.69) is 34.4 Å². The first-order valence-electron chi connectivity index (χ1n) is 9.04. The molecular formula is C22H22N4O2. The Morgan fingerprint density at radius 2 is 1.57 bits per heavy atom. The van der Waals surface area contributed by atoms with Crippen LogP contribution in [0.25, 0.3) is 0 Å². The van der Waals surface area contributed by atoms with Gasteiger partial charge >= 0.3 is 0 Å². The molecule has 0 radical (unpaired) electrons. The maximum atomic E-state index is 12.4. The van der Waals surface area contributed by atoms with Crippen molar-refractivity contribution in [3.8, 4) is 0 Å². The zero-order valence-corrected chi connectivity index (χ0v) is 16.1. The molecule has 3 rings (SSSR count). The molecule has 1 aromatic heterocycles. The number of ketones is 1. The minimum absolute atomic E-state index is 0.0157. The number of amides is 1. The lowest BCUT2D eigenvalue weighted by Gasteiger charge is -2.09. The predicted octanol–water partition coefficient (Wildman–Crippen LogP) is 4.80. The van der Waals surface area contributed by atoms with Gasteiger partial charge < -0.3 is 10.6 Å². The highest BCUT2D eigenvalue weighted by atomic mass is 16.1. The van der Waals surface area contributed by atoms with Gasteiger partial charge in [0.15, 0.2) is 5.78 Å². The van der Waals surface area contributed by atoms with Crippen molar-refractivity contribution in [2.24, 2.45) is 0 Å². The summed E-state index contributed by atoms with van der Waals surface area (Å²) < 4.78 is 0. The van der Waals surface area contributed by atoms with E-state index in [-0.39, 0.29) is 11.7 Å². The van der Waals surface area contributed by atoms with Crippen molar-refractivity contribution in [1.82, 2.24) is 9.97 Å². The fraction of sp³-hybridized carbons (Fsp3) is 0.182. The Hall–Kier alpha value is -3.54. The minimum Gasteiger partial charge on any atom is -0.324 e. The van der Waals surface area contributed by atoms with E-state index >= 15 is 0 Å². The largest absolute Gasteiger partial charge is 0.324 e. The molecule has 6 heteroatoms. The minimum atomic E-state index is -0.276. The third kappa shape index (κ3) is 4.79. The predicted molar refractivity (Wildman–Crippen MR) is 110 cm³/mol. The van der Waals surface area contributed by atoms with E-state index < -0.39 is 0 Å². The van der Waals surface area contributed by atoms with Crippen LogP contribution in [-0.4, -0.2) is 21.7 Å². The number of hydrogen-bond donors (Lipinski definition) is 2. The first kappa shape index (κ1) is 19.2. The summed E-state index contributed by atoms with van der Waals surface area (Å²) in [7, 11) is 0. The number of carbonyl (C=O) groups excluding carboxylic acids is 2. The monoisotopic (exact) mass is 374 g/mol. The molecule has 0 aliphatic heterocycles. The van der Waals surface area contributed by atoms with Crippen LogP contribution >= 0.6 is 0 Å². The second-order valence-corrected chi connectivity index (χ2v) is 6.79. The lowest BCUT2D eigenvalue weighted by molar-refractivity contribution is 0.101. The molecule has 2 N–H and O–H groups in total. The molecule has 0 bridgehead atoms. The van der Waals surface area contributed by atoms with Crippen LogP contribution in [0.3, 0.4) is 0 Å². The number of anilines is 3. The number of Topliss-reactive ketones (excluding diaryl/α,β-unsaturated/α-hetero) is 1. The molecule has 142 valence electrons. The van der Waals surface area contributed by atoms with Crippen LogP contribution in [0, 0.1) is 0 Å². The molecule has 1 heterocycles. The molecule has 28 heavy (non-hydrogen) atoms. The van der Waals surface area contributed by atoms with E-state index in [0.717, 1.165) is 5.69 Å². The lowest BCUT2D eigenvalue weighted by atomic mass is 10.0. The van der Waals surface area contributed by atoms with Gasteiger partial charge in [-0.3, -0.25) is 9.59 Å². The van der Waals surface area contributed by atoms with E-state index in [4.69, 9.17) is 0 Å². The average Bonchev–Trinajstić information content (AvgIpc) is 2.69. The molecule has 0 saturated heterocycles. The van der Waals surface area contributed by atoms with Gasteiger partial charge in [0.05, 0.1) is 5.56 Å². The summed E-state index contributed by atoms with van der Waals surface area (Å²) in [6.45, 7) is 5.76. The zero-order valence-electron chi connectivity index (χ0n) is 16.1. The van der Waals surface area contributed by atoms with Crippen molar-refractivity contribution in [2.45, 2.75) is 26.7 Å². The van der Waals surface area contributed by atoms with Gasteiger partial charge in [-0.1, -0.05) is 38.1 Å². The molecule has 0 unspecified atom stereocenters. The van der Waals surface area contributed by atoms with Crippen LogP contribution in [0.5, 0.6) is 0 Å². The molecule has 0 aliphatic carbocycles. The topological polar surface area (TPSA) is 84.0 Å². The second-order valence-electron chi connectivity index (χ2n) is 6.79. The molecule has 3 aromatic rings. The third-order valence-corrected chi connectivity index (χ3v) is 4.27. The summed E-state index contributed by atoms with van der Waals surface area (Å²) in [6.07, 6.45) is 2.92. The summed E-state index contributed by atoms with van der Waals surface area (Å²) in [5, 5.41) is 5.86. The summed E-state index contributed by atoms with van der Waals surface area (Å²) in [5.41, 5.74) is 3.60. The fourth-order valence-electron chi connectivity index (χ4n) is 2.61. The molecule has 6 nitrogen and oxygen atoms in total. The van der Waals surface area contributed by atoms with Gasteiger partial charge in [0.2, 0.25) is 5.95 Å². The number of carbonyl (C=O) groups is 2. The normalized spacial score (nSPS) is 10.6. The van der Waals surface area contributed by atoms with Crippen molar-refractivity contribution in [1.29, 1.82) is 0 Å². The highest BCUT2D eigenvalue weighted by Gasteiger charge is 2.09. The van der Waals surface area contributed by atoms with Crippen molar-refractivity contribution in [2.75, 3.05) is 10.6 Å².